The third-order valence-electron chi connectivity index (χ3n) is 3.93. The minimum absolute atomic E-state index is 0.0633. The van der Waals surface area contributed by atoms with Crippen molar-refractivity contribution in [2.24, 2.45) is 5.92 Å². The second-order valence-corrected chi connectivity index (χ2v) is 5.33. The number of nitrogens with zero attached hydrogens (tertiary/aromatic N) is 2. The molecule has 0 saturated carbocycles. The first-order valence-corrected chi connectivity index (χ1v) is 6.83. The van der Waals surface area contributed by atoms with Crippen molar-refractivity contribution in [3.63, 3.8) is 0 Å². The number of amides is 2. The average Bonchev–Trinajstić information content (AvgIpc) is 2.93. The number of carbonyl (C=O) groups is 3. The molecule has 0 aliphatic carbocycles. The second-order valence-electron chi connectivity index (χ2n) is 5.33. The molecule has 2 aliphatic heterocycles. The summed E-state index contributed by atoms with van der Waals surface area (Å²) < 4.78 is 0. The third kappa shape index (κ3) is 3.76. The maximum atomic E-state index is 11.5. The lowest BCUT2D eigenvalue weighted by Crippen LogP contribution is -2.37. The summed E-state index contributed by atoms with van der Waals surface area (Å²) in [6.45, 7) is 2.99. The highest BCUT2D eigenvalue weighted by atomic mass is 16.4. The molecule has 6 heteroatoms. The van der Waals surface area contributed by atoms with Crippen molar-refractivity contribution in [3.8, 4) is 0 Å². The van der Waals surface area contributed by atoms with E-state index in [2.05, 4.69) is 4.90 Å². The molecule has 106 valence electrons. The highest BCUT2D eigenvalue weighted by Gasteiger charge is 2.30. The second kappa shape index (κ2) is 6.14. The largest absolute Gasteiger partial charge is 0.481 e. The normalized spacial score (nSPS) is 24.4. The molecule has 19 heavy (non-hydrogen) atoms. The summed E-state index contributed by atoms with van der Waals surface area (Å²) in [5.74, 6) is -0.439. The Kier molecular flexibility index (Phi) is 4.52. The number of aliphatic carboxylic acids is 1. The van der Waals surface area contributed by atoms with E-state index in [-0.39, 0.29) is 18.2 Å². The summed E-state index contributed by atoms with van der Waals surface area (Å²) in [5, 5.41) is 8.65. The molecule has 0 radical (unpaired) electrons. The van der Waals surface area contributed by atoms with Gasteiger partial charge in [-0.1, -0.05) is 0 Å². The Morgan fingerprint density at radius 3 is 2.53 bits per heavy atom. The number of likely N-dealkylation sites (tertiary alicyclic amines) is 2. The van der Waals surface area contributed by atoms with Crippen LogP contribution in [0.2, 0.25) is 0 Å². The zero-order chi connectivity index (χ0) is 13.8. The van der Waals surface area contributed by atoms with Crippen molar-refractivity contribution in [1.29, 1.82) is 0 Å². The standard InChI is InChI=1S/C13H20N2O4/c16-11-2-3-12(17)15(11)8-7-14-6-5-10(9-14)1-4-13(18)19/h10H,1-9H2,(H,18,19). The molecule has 0 aromatic carbocycles. The van der Waals surface area contributed by atoms with E-state index in [0.717, 1.165) is 19.5 Å². The van der Waals surface area contributed by atoms with Gasteiger partial charge in [-0.3, -0.25) is 19.3 Å². The van der Waals surface area contributed by atoms with E-state index in [1.165, 1.54) is 4.90 Å². The first-order chi connectivity index (χ1) is 9.06. The van der Waals surface area contributed by atoms with Crippen molar-refractivity contribution in [2.75, 3.05) is 26.2 Å². The van der Waals surface area contributed by atoms with Gasteiger partial charge in [0.1, 0.15) is 0 Å². The Morgan fingerprint density at radius 1 is 1.21 bits per heavy atom. The molecular weight excluding hydrogens is 248 g/mol. The van der Waals surface area contributed by atoms with Gasteiger partial charge in [0.05, 0.1) is 0 Å². The fourth-order valence-corrected chi connectivity index (χ4v) is 2.79. The van der Waals surface area contributed by atoms with Crippen LogP contribution in [0.5, 0.6) is 0 Å². The van der Waals surface area contributed by atoms with Crippen LogP contribution < -0.4 is 0 Å². The van der Waals surface area contributed by atoms with Gasteiger partial charge in [0, 0.05) is 38.9 Å². The van der Waals surface area contributed by atoms with Gasteiger partial charge in [-0.05, 0) is 25.3 Å². The van der Waals surface area contributed by atoms with E-state index >= 15 is 0 Å². The van der Waals surface area contributed by atoms with E-state index in [9.17, 15) is 14.4 Å². The molecule has 0 bridgehead atoms. The maximum absolute atomic E-state index is 11.5. The van der Waals surface area contributed by atoms with Crippen LogP contribution >= 0.6 is 0 Å². The van der Waals surface area contributed by atoms with Crippen LogP contribution in [0, 0.1) is 5.92 Å². The predicted octanol–water partition coefficient (Wildman–Crippen LogP) is 0.322. The fourth-order valence-electron chi connectivity index (χ4n) is 2.79. The summed E-state index contributed by atoms with van der Waals surface area (Å²) >= 11 is 0. The summed E-state index contributed by atoms with van der Waals surface area (Å²) in [7, 11) is 0. The zero-order valence-corrected chi connectivity index (χ0v) is 11.0. The van der Waals surface area contributed by atoms with Crippen molar-refractivity contribution >= 4 is 17.8 Å². The van der Waals surface area contributed by atoms with Crippen LogP contribution in [0.25, 0.3) is 0 Å². The van der Waals surface area contributed by atoms with Gasteiger partial charge in [0.25, 0.3) is 0 Å². The lowest BCUT2D eigenvalue weighted by atomic mass is 10.0. The van der Waals surface area contributed by atoms with Gasteiger partial charge in [0.2, 0.25) is 11.8 Å². The lowest BCUT2D eigenvalue weighted by molar-refractivity contribution is -0.139. The number of rotatable bonds is 6. The molecule has 2 amide bonds. The molecule has 2 heterocycles. The number of hydrogen-bond acceptors (Lipinski definition) is 4. The molecule has 0 spiro atoms. The van der Waals surface area contributed by atoms with E-state index in [4.69, 9.17) is 5.11 Å². The van der Waals surface area contributed by atoms with Crippen LogP contribution in [-0.4, -0.2) is 58.9 Å². The molecule has 1 unspecified atom stereocenters. The van der Waals surface area contributed by atoms with Crippen molar-refractivity contribution in [1.82, 2.24) is 9.80 Å². The van der Waals surface area contributed by atoms with Crippen molar-refractivity contribution in [3.05, 3.63) is 0 Å². The topological polar surface area (TPSA) is 77.9 Å². The van der Waals surface area contributed by atoms with Gasteiger partial charge >= 0.3 is 5.97 Å². The fraction of sp³-hybridized carbons (Fsp3) is 0.769. The average molecular weight is 268 g/mol. The Balaban J connectivity index is 1.69. The predicted molar refractivity (Wildman–Crippen MR) is 67.4 cm³/mol. The number of imide groups is 1. The molecule has 2 aliphatic rings. The minimum Gasteiger partial charge on any atom is -0.481 e. The van der Waals surface area contributed by atoms with Gasteiger partial charge in [-0.2, -0.15) is 0 Å². The number of carboxylic acids is 1. The molecule has 1 N–H and O–H groups in total. The Morgan fingerprint density at radius 2 is 1.89 bits per heavy atom. The van der Waals surface area contributed by atoms with E-state index in [1.807, 2.05) is 0 Å². The first-order valence-electron chi connectivity index (χ1n) is 6.83. The van der Waals surface area contributed by atoms with Crippen LogP contribution in [0.1, 0.15) is 32.1 Å². The smallest absolute Gasteiger partial charge is 0.303 e. The van der Waals surface area contributed by atoms with E-state index in [1.54, 1.807) is 0 Å². The Bertz CT molecular complexity index is 367. The first kappa shape index (κ1) is 14.0. The molecule has 2 fully saturated rings. The molecule has 0 aromatic rings. The van der Waals surface area contributed by atoms with Gasteiger partial charge in [-0.25, -0.2) is 0 Å². The molecule has 1 atom stereocenters. The molecule has 2 saturated heterocycles. The molecule has 2 rings (SSSR count). The van der Waals surface area contributed by atoms with Crippen LogP contribution in [0.15, 0.2) is 0 Å². The van der Waals surface area contributed by atoms with E-state index in [0.29, 0.717) is 38.3 Å². The number of hydrogen-bond donors (Lipinski definition) is 1. The summed E-state index contributed by atoms with van der Waals surface area (Å²) in [6, 6.07) is 0. The zero-order valence-electron chi connectivity index (χ0n) is 11.0. The van der Waals surface area contributed by atoms with Crippen LogP contribution in [0.3, 0.4) is 0 Å². The van der Waals surface area contributed by atoms with Crippen LogP contribution in [0.4, 0.5) is 0 Å². The monoisotopic (exact) mass is 268 g/mol. The molecule has 6 nitrogen and oxygen atoms in total. The summed E-state index contributed by atoms with van der Waals surface area (Å²) in [4.78, 5) is 37.0. The third-order valence-corrected chi connectivity index (χ3v) is 3.93. The van der Waals surface area contributed by atoms with Crippen molar-refractivity contribution < 1.29 is 19.5 Å². The quantitative estimate of drug-likeness (QED) is 0.702. The maximum Gasteiger partial charge on any atom is 0.303 e. The van der Waals surface area contributed by atoms with Crippen molar-refractivity contribution in [2.45, 2.75) is 32.1 Å². The van der Waals surface area contributed by atoms with Crippen LogP contribution in [-0.2, 0) is 14.4 Å². The number of carbonyl (C=O) groups excluding carboxylic acids is 2. The lowest BCUT2D eigenvalue weighted by Gasteiger charge is -2.20. The highest BCUT2D eigenvalue weighted by Crippen LogP contribution is 2.21. The van der Waals surface area contributed by atoms with E-state index < -0.39 is 5.97 Å². The Hall–Kier alpha value is -1.43. The minimum atomic E-state index is -0.744. The number of carboxylic acid groups (broad SMARTS) is 1. The van der Waals surface area contributed by atoms with Gasteiger partial charge in [-0.15, -0.1) is 0 Å². The van der Waals surface area contributed by atoms with Gasteiger partial charge in [0.15, 0.2) is 0 Å². The molecular formula is C13H20N2O4. The highest BCUT2D eigenvalue weighted by molar-refractivity contribution is 6.01. The molecule has 0 aromatic heterocycles. The SMILES string of the molecule is O=C(O)CCC1CCN(CCN2C(=O)CCC2=O)C1. The summed E-state index contributed by atoms with van der Waals surface area (Å²) in [6.07, 6.45) is 2.64. The summed E-state index contributed by atoms with van der Waals surface area (Å²) in [5.41, 5.74) is 0. The Labute approximate surface area is 112 Å². The van der Waals surface area contributed by atoms with Gasteiger partial charge < -0.3 is 10.0 Å².